The molecule has 44 heavy (non-hydrogen) atoms. The standard InChI is InChI=1S/C20H25N7O11P2S2.2H3N/c1-32-16-15-11(36-19(16)26-3-2-12(28)25-20(26)29)6-34-39(30,41)37-9-4-13(35-10(9)5-33-40(31,42)38-15)27-8-24-14-17(21)22-7-23-18(14)27;;/h2-3,7-11,13,15-16,19H,4-6H2,1H3,(H,30,41)(H,31,42)(H2,21,22,23)(H,25,28,29);2*1H3/t9-,10+,11+,13+,15+,16+,19+,39?,40?;;/m0../s1. The summed E-state index contributed by atoms with van der Waals surface area (Å²) in [6.07, 6.45) is -3.33. The summed E-state index contributed by atoms with van der Waals surface area (Å²) < 4.78 is 55.9. The Bertz CT molecular complexity index is 1710. The van der Waals surface area contributed by atoms with Crippen LogP contribution in [-0.2, 0) is 60.9 Å². The summed E-state index contributed by atoms with van der Waals surface area (Å²) in [6, 6.07) is 1.10. The maximum Gasteiger partial charge on any atom is 0.330 e. The Morgan fingerprint density at radius 2 is 1.86 bits per heavy atom. The van der Waals surface area contributed by atoms with Gasteiger partial charge in [0.2, 0.25) is 0 Å². The Kier molecular flexibility index (Phi) is 10.5. The number of methoxy groups -OCH3 is 1. The third kappa shape index (κ3) is 6.83. The summed E-state index contributed by atoms with van der Waals surface area (Å²) in [5.41, 5.74) is 5.19. The van der Waals surface area contributed by atoms with Gasteiger partial charge in [-0.15, -0.1) is 0 Å². The fraction of sp³-hybridized carbons (Fsp3) is 0.550. The van der Waals surface area contributed by atoms with Crippen LogP contribution in [0.5, 0.6) is 0 Å². The molecular formula is C20H31N9O11P2S2. The van der Waals surface area contributed by atoms with Crippen molar-refractivity contribution in [3.8, 4) is 0 Å². The molecule has 20 nitrogen and oxygen atoms in total. The van der Waals surface area contributed by atoms with E-state index in [1.54, 1.807) is 4.57 Å². The third-order valence-electron chi connectivity index (χ3n) is 6.87. The van der Waals surface area contributed by atoms with Crippen molar-refractivity contribution in [1.29, 1.82) is 0 Å². The van der Waals surface area contributed by atoms with E-state index in [-0.39, 0.29) is 24.5 Å². The molecule has 0 aromatic carbocycles. The van der Waals surface area contributed by atoms with E-state index in [2.05, 4.69) is 19.9 Å². The Labute approximate surface area is 258 Å². The van der Waals surface area contributed by atoms with Gasteiger partial charge >= 0.3 is 5.69 Å². The smallest absolute Gasteiger partial charge is 0.330 e. The number of nitrogens with two attached hydrogens (primary N) is 1. The van der Waals surface area contributed by atoms with Crippen molar-refractivity contribution in [1.82, 2.24) is 41.4 Å². The monoisotopic (exact) mass is 699 g/mol. The first kappa shape index (κ1) is 34.7. The van der Waals surface area contributed by atoms with Crippen LogP contribution in [0.2, 0.25) is 0 Å². The fourth-order valence-electron chi connectivity index (χ4n) is 4.99. The fourth-order valence-corrected chi connectivity index (χ4v) is 7.87. The molecule has 3 fully saturated rings. The molecule has 11 N–H and O–H groups in total. The van der Waals surface area contributed by atoms with Crippen molar-refractivity contribution in [3.63, 3.8) is 0 Å². The van der Waals surface area contributed by atoms with Gasteiger partial charge in [-0.3, -0.25) is 23.5 Å². The van der Waals surface area contributed by atoms with Crippen molar-refractivity contribution in [2.75, 3.05) is 26.1 Å². The Morgan fingerprint density at radius 3 is 2.59 bits per heavy atom. The van der Waals surface area contributed by atoms with Crippen LogP contribution < -0.4 is 34.2 Å². The van der Waals surface area contributed by atoms with Crippen LogP contribution in [-0.4, -0.2) is 79.9 Å². The van der Waals surface area contributed by atoms with Crippen molar-refractivity contribution >= 4 is 54.6 Å². The number of imidazole rings is 1. The molecule has 6 rings (SSSR count). The number of H-pyrrole nitrogens is 1. The molecule has 9 atom stereocenters. The van der Waals surface area contributed by atoms with Crippen molar-refractivity contribution in [3.05, 3.63) is 45.8 Å². The molecule has 0 radical (unpaired) electrons. The Hall–Kier alpha value is -2.14. The quantitative estimate of drug-likeness (QED) is 0.206. The van der Waals surface area contributed by atoms with E-state index in [0.29, 0.717) is 11.2 Å². The SMILES string of the molecule is CO[C@@H]1[C@@H]2OP([O-])(=S)OC[C@H]3O[C@@H](n4cnc5c(N)ncnc54)C[C@@H]3OP(=O)([S-])OC[C@H]2O[C@H]1n1ccc(=O)[nH]c1=O.[NH4+].[NH4+]. The van der Waals surface area contributed by atoms with Gasteiger partial charge in [0.1, 0.15) is 49.2 Å². The predicted molar refractivity (Wildman–Crippen MR) is 157 cm³/mol. The summed E-state index contributed by atoms with van der Waals surface area (Å²) in [5.74, 6) is 0.172. The minimum Gasteiger partial charge on any atom is -0.780 e. The summed E-state index contributed by atoms with van der Waals surface area (Å²) in [6.45, 7) is -9.35. The zero-order valence-corrected chi connectivity index (χ0v) is 26.9. The van der Waals surface area contributed by atoms with Crippen molar-refractivity contribution in [2.24, 2.45) is 0 Å². The summed E-state index contributed by atoms with van der Waals surface area (Å²) in [4.78, 5) is 51.8. The van der Waals surface area contributed by atoms with Gasteiger partial charge in [0.05, 0.1) is 25.6 Å². The highest BCUT2D eigenvalue weighted by Gasteiger charge is 2.49. The molecule has 3 aliphatic heterocycles. The van der Waals surface area contributed by atoms with Gasteiger partial charge in [0.25, 0.3) is 5.56 Å². The zero-order valence-electron chi connectivity index (χ0n) is 23.5. The highest BCUT2D eigenvalue weighted by atomic mass is 32.7. The van der Waals surface area contributed by atoms with E-state index in [0.717, 1.165) is 10.6 Å². The zero-order chi connectivity index (χ0) is 29.8. The largest absolute Gasteiger partial charge is 0.780 e. The van der Waals surface area contributed by atoms with Crippen LogP contribution in [0.1, 0.15) is 18.9 Å². The molecule has 3 aromatic heterocycles. The number of ether oxygens (including phenoxy) is 3. The third-order valence-corrected chi connectivity index (χ3v) is 9.98. The number of aromatic amines is 1. The highest BCUT2D eigenvalue weighted by Crippen LogP contribution is 2.53. The topological polar surface area (TPSA) is 302 Å². The van der Waals surface area contributed by atoms with Crippen LogP contribution in [0, 0.1) is 0 Å². The van der Waals surface area contributed by atoms with Crippen LogP contribution in [0.25, 0.3) is 11.2 Å². The molecule has 0 saturated carbocycles. The van der Waals surface area contributed by atoms with Gasteiger partial charge in [0, 0.05) is 25.8 Å². The molecule has 0 spiro atoms. The molecule has 0 bridgehead atoms. The molecule has 24 heteroatoms. The number of hydrogen-bond donors (Lipinski definition) is 4. The second kappa shape index (κ2) is 13.3. The van der Waals surface area contributed by atoms with Gasteiger partial charge in [-0.1, -0.05) is 11.8 Å². The van der Waals surface area contributed by atoms with Crippen LogP contribution in [0.4, 0.5) is 5.82 Å². The summed E-state index contributed by atoms with van der Waals surface area (Å²) >= 11 is 10.3. The molecule has 3 saturated heterocycles. The summed E-state index contributed by atoms with van der Waals surface area (Å²) in [7, 11) is 1.30. The average Bonchev–Trinajstić information content (AvgIpc) is 3.61. The second-order valence-electron chi connectivity index (χ2n) is 9.43. The minimum atomic E-state index is -4.27. The number of aromatic nitrogens is 6. The van der Waals surface area contributed by atoms with Gasteiger partial charge in [-0.25, -0.2) is 19.7 Å². The Balaban J connectivity index is 0.00000221. The number of nitrogens with zero attached hydrogens (tertiary/aromatic N) is 5. The average molecular weight is 700 g/mol. The number of nitrogens with one attached hydrogen (secondary N) is 1. The van der Waals surface area contributed by atoms with E-state index in [1.165, 1.54) is 26.0 Å². The lowest BCUT2D eigenvalue weighted by Crippen LogP contribution is -2.41. The van der Waals surface area contributed by atoms with Crippen molar-refractivity contribution in [2.45, 2.75) is 49.4 Å². The van der Waals surface area contributed by atoms with E-state index in [1.807, 2.05) is 0 Å². The normalized spacial score (nSPS) is 35.8. The highest BCUT2D eigenvalue weighted by molar-refractivity contribution is 8.32. The lowest BCUT2D eigenvalue weighted by atomic mass is 10.1. The molecular weight excluding hydrogens is 668 g/mol. The molecule has 3 aliphatic rings. The molecule has 244 valence electrons. The van der Waals surface area contributed by atoms with Crippen LogP contribution in [0.15, 0.2) is 34.5 Å². The van der Waals surface area contributed by atoms with Gasteiger partial charge in [0.15, 0.2) is 24.5 Å². The number of hydrogen-bond acceptors (Lipinski definition) is 17. The Morgan fingerprint density at radius 1 is 1.11 bits per heavy atom. The number of rotatable bonds is 3. The number of anilines is 1. The molecule has 0 aliphatic carbocycles. The van der Waals surface area contributed by atoms with E-state index in [9.17, 15) is 19.0 Å². The maximum atomic E-state index is 13.4. The van der Waals surface area contributed by atoms with Gasteiger partial charge in [-0.2, -0.15) is 0 Å². The first-order valence-corrected chi connectivity index (χ1v) is 17.4. The lowest BCUT2D eigenvalue weighted by molar-refractivity contribution is -0.218. The molecule has 0 amide bonds. The predicted octanol–water partition coefficient (Wildman–Crippen LogP) is -0.0320. The second-order valence-corrected chi connectivity index (χ2v) is 14.8. The van der Waals surface area contributed by atoms with E-state index in [4.69, 9.17) is 62.1 Å². The van der Waals surface area contributed by atoms with E-state index < -0.39 is 81.0 Å². The van der Waals surface area contributed by atoms with Gasteiger partial charge < -0.3 is 67.5 Å². The number of quaternary nitrogens is 2. The van der Waals surface area contributed by atoms with Crippen LogP contribution in [0.3, 0.4) is 0 Å². The minimum absolute atomic E-state index is 0. The first-order chi connectivity index (χ1) is 19.9. The van der Waals surface area contributed by atoms with Crippen molar-refractivity contribution < 1.29 is 41.8 Å². The first-order valence-electron chi connectivity index (χ1n) is 12.3. The molecule has 2 unspecified atom stereocenters. The maximum absolute atomic E-state index is 13.4. The van der Waals surface area contributed by atoms with Crippen LogP contribution >= 0.6 is 13.5 Å². The number of nitrogen functional groups attached to an aromatic ring is 1. The lowest BCUT2D eigenvalue weighted by Gasteiger charge is -2.37. The van der Waals surface area contributed by atoms with E-state index >= 15 is 0 Å². The summed E-state index contributed by atoms with van der Waals surface area (Å²) in [5, 5.41) is 0. The number of fused-ring (bicyclic) bond motifs is 3. The molecule has 3 aromatic rings. The van der Waals surface area contributed by atoms with Gasteiger partial charge in [-0.05, 0) is 0 Å². The molecule has 6 heterocycles.